The topological polar surface area (TPSA) is 22.3 Å². The number of aryl methyl sites for hydroxylation is 2. The van der Waals surface area contributed by atoms with Gasteiger partial charge in [-0.2, -0.15) is 0 Å². The minimum Gasteiger partial charge on any atom is -0.455 e. The fraction of sp³-hybridized carbons (Fsp3) is 0.324. The Morgan fingerprint density at radius 2 is 1.70 bits per heavy atom. The number of benzene rings is 4. The van der Waals surface area contributed by atoms with Crippen LogP contribution in [0.15, 0.2) is 60.8 Å². The predicted molar refractivity (Wildman–Crippen MR) is 152 cm³/mol. The van der Waals surface area contributed by atoms with Gasteiger partial charge in [0.2, 0.25) is 5.69 Å². The van der Waals surface area contributed by atoms with Crippen LogP contribution in [0.4, 0.5) is 0 Å². The summed E-state index contributed by atoms with van der Waals surface area (Å²) in [5, 5.41) is 7.81. The fourth-order valence-electron chi connectivity index (χ4n) is 6.84. The number of aromatic nitrogens is 1. The maximum Gasteiger partial charge on any atom is 0.228 e. The molecule has 4 aromatic carbocycles. The molecule has 2 aliphatic heterocycles. The molecule has 7 rings (SSSR count). The molecule has 0 spiro atoms. The number of rotatable bonds is 3. The van der Waals surface area contributed by atoms with Gasteiger partial charge in [0, 0.05) is 30.2 Å². The zero-order chi connectivity index (χ0) is 25.3. The lowest BCUT2D eigenvalue weighted by atomic mass is 9.83. The Morgan fingerprint density at radius 3 is 2.49 bits per heavy atom. The molecule has 0 unspecified atom stereocenters. The predicted octanol–water partition coefficient (Wildman–Crippen LogP) is 8.14. The number of fused-ring (bicyclic) bond motifs is 5. The van der Waals surface area contributed by atoms with Crippen molar-refractivity contribution in [3.63, 3.8) is 0 Å². The highest BCUT2D eigenvalue weighted by Crippen LogP contribution is 2.53. The second kappa shape index (κ2) is 8.56. The van der Waals surface area contributed by atoms with Crippen molar-refractivity contribution in [1.29, 1.82) is 0 Å². The fourth-order valence-corrected chi connectivity index (χ4v) is 6.84. The monoisotopic (exact) mass is 488 g/mol. The largest absolute Gasteiger partial charge is 0.455 e. The maximum absolute atomic E-state index is 6.99. The van der Waals surface area contributed by atoms with Gasteiger partial charge in [-0.1, -0.05) is 56.3 Å². The van der Waals surface area contributed by atoms with Gasteiger partial charge in [-0.25, -0.2) is 4.57 Å². The van der Waals surface area contributed by atoms with Crippen molar-refractivity contribution >= 4 is 32.3 Å². The summed E-state index contributed by atoms with van der Waals surface area (Å²) >= 11 is 0. The molecule has 0 N–H and O–H groups in total. The summed E-state index contributed by atoms with van der Waals surface area (Å²) in [6, 6.07) is 20.2. The second-order valence-corrected chi connectivity index (χ2v) is 11.3. The number of nitrogens with zero attached hydrogens (tertiary/aromatic N) is 1. The van der Waals surface area contributed by atoms with Crippen molar-refractivity contribution in [3.05, 3.63) is 77.5 Å². The Morgan fingerprint density at radius 1 is 0.919 bits per heavy atom. The smallest absolute Gasteiger partial charge is 0.228 e. The molecule has 1 saturated heterocycles. The number of ether oxygens (including phenoxy) is 2. The lowest BCUT2D eigenvalue weighted by Crippen LogP contribution is -2.32. The van der Waals surface area contributed by atoms with Gasteiger partial charge >= 0.3 is 0 Å². The molecule has 0 saturated carbocycles. The first-order chi connectivity index (χ1) is 18.0. The van der Waals surface area contributed by atoms with Crippen molar-refractivity contribution in [2.24, 2.45) is 13.0 Å². The quantitative estimate of drug-likeness (QED) is 0.185. The van der Waals surface area contributed by atoms with E-state index >= 15 is 0 Å². The lowest BCUT2D eigenvalue weighted by Gasteiger charge is -2.28. The lowest BCUT2D eigenvalue weighted by molar-refractivity contribution is -0.659. The van der Waals surface area contributed by atoms with Crippen LogP contribution in [0.1, 0.15) is 49.3 Å². The Kier molecular flexibility index (Phi) is 5.26. The molecule has 1 fully saturated rings. The minimum atomic E-state index is 0.531. The summed E-state index contributed by atoms with van der Waals surface area (Å²) in [6.45, 7) is 8.55. The van der Waals surface area contributed by atoms with Crippen molar-refractivity contribution in [3.8, 4) is 22.8 Å². The van der Waals surface area contributed by atoms with Gasteiger partial charge in [0.05, 0.1) is 10.9 Å². The summed E-state index contributed by atoms with van der Waals surface area (Å²) in [6.07, 6.45) is 5.39. The maximum atomic E-state index is 6.99. The molecular weight excluding hydrogens is 454 g/mol. The van der Waals surface area contributed by atoms with Crippen molar-refractivity contribution in [1.82, 2.24) is 0 Å². The number of hydrogen-bond donors (Lipinski definition) is 0. The summed E-state index contributed by atoms with van der Waals surface area (Å²) in [4.78, 5) is 0. The van der Waals surface area contributed by atoms with E-state index in [1.165, 1.54) is 60.3 Å². The highest BCUT2D eigenvalue weighted by atomic mass is 16.5. The molecule has 0 aliphatic carbocycles. The molecular formula is C34H34NO2+. The molecule has 0 amide bonds. The Balaban J connectivity index is 1.60. The average molecular weight is 489 g/mol. The minimum absolute atomic E-state index is 0.531. The van der Waals surface area contributed by atoms with Gasteiger partial charge in [0.1, 0.15) is 18.5 Å². The first-order valence-corrected chi connectivity index (χ1v) is 13.7. The van der Waals surface area contributed by atoms with Gasteiger partial charge in [-0.3, -0.25) is 0 Å². The standard InChI is InChI=1S/C34H34NO2/c1-20(2)18-28-26-10-6-5-9-24(26)21(3)30-33-32-27(12-15-35(33)4)31-23(19-29(32)37-34(28)30)8-7-11-25(31)22-13-16-36-17-14-22/h5-12,15,19-20,22H,13-14,16-18H2,1-4H3/q+1. The second-order valence-electron chi connectivity index (χ2n) is 11.3. The third-order valence-electron chi connectivity index (χ3n) is 8.51. The summed E-state index contributed by atoms with van der Waals surface area (Å²) < 4.78 is 15.0. The van der Waals surface area contributed by atoms with Gasteiger partial charge in [-0.05, 0) is 76.8 Å². The van der Waals surface area contributed by atoms with Crippen LogP contribution in [0, 0.1) is 12.8 Å². The molecule has 0 bridgehead atoms. The van der Waals surface area contributed by atoms with Crippen LogP contribution in [0.2, 0.25) is 0 Å². The van der Waals surface area contributed by atoms with Crippen LogP contribution in [-0.4, -0.2) is 13.2 Å². The molecule has 186 valence electrons. The molecule has 0 radical (unpaired) electrons. The first kappa shape index (κ1) is 22.7. The van der Waals surface area contributed by atoms with Crippen LogP contribution < -0.4 is 9.30 Å². The Hall–Kier alpha value is -3.43. The molecule has 5 aromatic rings. The van der Waals surface area contributed by atoms with E-state index in [0.717, 1.165) is 44.0 Å². The molecule has 3 heterocycles. The van der Waals surface area contributed by atoms with Gasteiger partial charge < -0.3 is 9.47 Å². The van der Waals surface area contributed by atoms with E-state index in [1.54, 1.807) is 0 Å². The van der Waals surface area contributed by atoms with Crippen LogP contribution in [0.5, 0.6) is 11.5 Å². The van der Waals surface area contributed by atoms with Crippen LogP contribution in [0.25, 0.3) is 43.6 Å². The van der Waals surface area contributed by atoms with E-state index < -0.39 is 0 Å². The summed E-state index contributed by atoms with van der Waals surface area (Å²) in [5.41, 5.74) is 6.59. The highest BCUT2D eigenvalue weighted by Gasteiger charge is 2.34. The van der Waals surface area contributed by atoms with Crippen LogP contribution >= 0.6 is 0 Å². The van der Waals surface area contributed by atoms with Crippen molar-refractivity contribution in [2.75, 3.05) is 13.2 Å². The van der Waals surface area contributed by atoms with E-state index in [2.05, 4.69) is 93.2 Å². The molecule has 3 heteroatoms. The van der Waals surface area contributed by atoms with Crippen LogP contribution in [-0.2, 0) is 18.2 Å². The molecule has 2 aliphatic rings. The zero-order valence-corrected chi connectivity index (χ0v) is 22.2. The summed E-state index contributed by atoms with van der Waals surface area (Å²) in [5.74, 6) is 3.08. The molecule has 1 aromatic heterocycles. The average Bonchev–Trinajstić information content (AvgIpc) is 2.92. The Bertz CT molecular complexity index is 1710. The van der Waals surface area contributed by atoms with E-state index in [4.69, 9.17) is 9.47 Å². The molecule has 0 atom stereocenters. The Labute approximate surface area is 218 Å². The van der Waals surface area contributed by atoms with Gasteiger partial charge in [0.25, 0.3) is 0 Å². The SMILES string of the molecule is Cc1c2c(c(CC(C)C)c3ccccc13)Oc1cc3cccc(C4CCOCC4)c3c3cc[n+](C)c-2c13. The van der Waals surface area contributed by atoms with E-state index in [0.29, 0.717) is 11.8 Å². The third-order valence-corrected chi connectivity index (χ3v) is 8.51. The van der Waals surface area contributed by atoms with E-state index in [9.17, 15) is 0 Å². The number of hydrogen-bond acceptors (Lipinski definition) is 2. The normalized spacial score (nSPS) is 15.5. The van der Waals surface area contributed by atoms with Gasteiger partial charge in [-0.15, -0.1) is 0 Å². The molecule has 3 nitrogen and oxygen atoms in total. The van der Waals surface area contributed by atoms with E-state index in [1.807, 2.05) is 0 Å². The highest BCUT2D eigenvalue weighted by molar-refractivity contribution is 6.17. The van der Waals surface area contributed by atoms with Crippen molar-refractivity contribution < 1.29 is 14.0 Å². The van der Waals surface area contributed by atoms with Gasteiger partial charge in [0.15, 0.2) is 6.20 Å². The molecule has 37 heavy (non-hydrogen) atoms. The third kappa shape index (κ3) is 3.40. The van der Waals surface area contributed by atoms with Crippen LogP contribution in [0.3, 0.4) is 0 Å². The zero-order valence-electron chi connectivity index (χ0n) is 22.2. The summed E-state index contributed by atoms with van der Waals surface area (Å²) in [7, 11) is 2.18. The first-order valence-electron chi connectivity index (χ1n) is 13.7. The van der Waals surface area contributed by atoms with Crippen molar-refractivity contribution in [2.45, 2.75) is 46.0 Å². The van der Waals surface area contributed by atoms with E-state index in [-0.39, 0.29) is 0 Å². The number of pyridine rings is 1.